The van der Waals surface area contributed by atoms with Crippen molar-refractivity contribution in [2.75, 3.05) is 13.1 Å². The number of hydrogen-bond acceptors (Lipinski definition) is 6. The van der Waals surface area contributed by atoms with Crippen LogP contribution in [0.4, 0.5) is 0 Å². The van der Waals surface area contributed by atoms with Crippen LogP contribution in [-0.4, -0.2) is 48.9 Å². The van der Waals surface area contributed by atoms with Gasteiger partial charge in [-0.1, -0.05) is 51.1 Å². The lowest BCUT2D eigenvalue weighted by Crippen LogP contribution is -2.39. The Morgan fingerprint density at radius 3 is 2.51 bits per heavy atom. The Hall–Kier alpha value is -2.57. The molecule has 0 bridgehead atoms. The van der Waals surface area contributed by atoms with Crippen molar-refractivity contribution in [1.82, 2.24) is 10.6 Å². The Bertz CT molecular complexity index is 889. The largest absolute Gasteiger partial charge is 0.454 e. The number of esters is 1. The molecule has 192 valence electrons. The Kier molecular flexibility index (Phi) is 12.1. The lowest BCUT2D eigenvalue weighted by atomic mass is 9.96. The van der Waals surface area contributed by atoms with Gasteiger partial charge in [-0.25, -0.2) is 0 Å². The van der Waals surface area contributed by atoms with E-state index < -0.39 is 23.9 Å². The molecule has 0 aromatic heterocycles. The number of hydrogen-bond donors (Lipinski definition) is 3. The standard InChI is InChI=1S/C26H38N3O5P/c1-4-21(16-30)34-26(33)18(3)14-28-23(32)15-29-22(31)8-6-5-7-17(2)24-25(35-24)20-11-9-19(13-27)10-12-20/h6,8-12,16-18,21,24-25,35H,4-5,7,13-15,27H2,1-3H3,(H,28,32)(H,29,31)/b8-6+/t17-,18?,21-,24?,25?/m0/s1. The fourth-order valence-electron chi connectivity index (χ4n) is 3.65. The zero-order valence-electron chi connectivity index (χ0n) is 20.8. The Morgan fingerprint density at radius 2 is 1.89 bits per heavy atom. The molecule has 4 N–H and O–H groups in total. The Balaban J connectivity index is 1.59. The molecule has 1 fully saturated rings. The van der Waals surface area contributed by atoms with Crippen LogP contribution in [-0.2, 0) is 30.5 Å². The lowest BCUT2D eigenvalue weighted by Gasteiger charge is -2.15. The fraction of sp³-hybridized carbons (Fsp3) is 0.538. The maximum Gasteiger partial charge on any atom is 0.311 e. The number of carbonyl (C=O) groups is 4. The van der Waals surface area contributed by atoms with Gasteiger partial charge in [0.05, 0.1) is 12.5 Å². The third-order valence-corrected chi connectivity index (χ3v) is 8.07. The summed E-state index contributed by atoms with van der Waals surface area (Å²) in [5.41, 5.74) is 9.56. The monoisotopic (exact) mass is 503 g/mol. The average Bonchev–Trinajstić information content (AvgIpc) is 3.68. The minimum absolute atomic E-state index is 0.0660. The van der Waals surface area contributed by atoms with Gasteiger partial charge in [-0.15, -0.1) is 8.58 Å². The minimum Gasteiger partial charge on any atom is -0.454 e. The van der Waals surface area contributed by atoms with Gasteiger partial charge in [-0.3, -0.25) is 19.2 Å². The molecule has 2 amide bonds. The van der Waals surface area contributed by atoms with Gasteiger partial charge in [-0.05, 0) is 48.0 Å². The van der Waals surface area contributed by atoms with Crippen LogP contribution >= 0.6 is 8.58 Å². The van der Waals surface area contributed by atoms with Crippen LogP contribution in [0.5, 0.6) is 0 Å². The fourth-order valence-corrected chi connectivity index (χ4v) is 5.35. The van der Waals surface area contributed by atoms with Crippen molar-refractivity contribution in [3.05, 3.63) is 47.5 Å². The van der Waals surface area contributed by atoms with Crippen LogP contribution in [0.3, 0.4) is 0 Å². The predicted octanol–water partition coefficient (Wildman–Crippen LogP) is 2.61. The van der Waals surface area contributed by atoms with Crippen molar-refractivity contribution in [3.63, 3.8) is 0 Å². The van der Waals surface area contributed by atoms with Crippen LogP contribution < -0.4 is 16.4 Å². The molecular formula is C26H38N3O5P. The summed E-state index contributed by atoms with van der Waals surface area (Å²) in [6.07, 6.45) is 5.33. The van der Waals surface area contributed by atoms with Crippen molar-refractivity contribution < 1.29 is 23.9 Å². The third-order valence-electron chi connectivity index (χ3n) is 6.12. The van der Waals surface area contributed by atoms with Crippen molar-refractivity contribution in [1.29, 1.82) is 0 Å². The number of aldehydes is 1. The molecule has 8 nitrogen and oxygen atoms in total. The smallest absolute Gasteiger partial charge is 0.311 e. The topological polar surface area (TPSA) is 128 Å². The molecule has 35 heavy (non-hydrogen) atoms. The van der Waals surface area contributed by atoms with Crippen molar-refractivity contribution in [3.8, 4) is 0 Å². The van der Waals surface area contributed by atoms with E-state index in [0.29, 0.717) is 36.5 Å². The molecule has 0 saturated carbocycles. The normalized spacial score (nSPS) is 20.1. The van der Waals surface area contributed by atoms with E-state index >= 15 is 0 Å². The van der Waals surface area contributed by atoms with Gasteiger partial charge in [0.1, 0.15) is 0 Å². The second-order valence-corrected chi connectivity index (χ2v) is 10.6. The molecule has 0 spiro atoms. The minimum atomic E-state index is -0.769. The van der Waals surface area contributed by atoms with E-state index in [-0.39, 0.29) is 19.0 Å². The second kappa shape index (κ2) is 14.7. The highest BCUT2D eigenvalue weighted by molar-refractivity contribution is 7.48. The SMILES string of the molecule is CC[C@@H](C=O)OC(=O)C(C)CNC(=O)CNC(=O)/C=C/CC[C@H](C)C1PC1c1ccc(CN)cc1. The lowest BCUT2D eigenvalue weighted by molar-refractivity contribution is -0.155. The molecule has 1 aromatic rings. The summed E-state index contributed by atoms with van der Waals surface area (Å²) >= 11 is 0. The van der Waals surface area contributed by atoms with Gasteiger partial charge < -0.3 is 21.1 Å². The maximum absolute atomic E-state index is 12.0. The highest BCUT2D eigenvalue weighted by atomic mass is 31.1. The molecule has 9 heteroatoms. The summed E-state index contributed by atoms with van der Waals surface area (Å²) in [5.74, 6) is -1.29. The summed E-state index contributed by atoms with van der Waals surface area (Å²) in [7, 11) is 0.946. The van der Waals surface area contributed by atoms with Crippen LogP contribution in [0.1, 0.15) is 56.8 Å². The third kappa shape index (κ3) is 9.90. The molecule has 1 heterocycles. The first-order valence-corrected chi connectivity index (χ1v) is 13.4. The first-order chi connectivity index (χ1) is 16.8. The van der Waals surface area contributed by atoms with Gasteiger partial charge >= 0.3 is 5.97 Å². The quantitative estimate of drug-likeness (QED) is 0.146. The summed E-state index contributed by atoms with van der Waals surface area (Å²) in [6, 6.07) is 8.59. The first kappa shape index (κ1) is 28.7. The number of nitrogens with one attached hydrogen (secondary N) is 2. The molecule has 1 aliphatic rings. The van der Waals surface area contributed by atoms with Gasteiger partial charge in [0.2, 0.25) is 11.8 Å². The van der Waals surface area contributed by atoms with Gasteiger partial charge in [-0.2, -0.15) is 0 Å². The molecule has 6 atom stereocenters. The van der Waals surface area contributed by atoms with E-state index in [1.54, 1.807) is 13.8 Å². The number of rotatable bonds is 15. The van der Waals surface area contributed by atoms with E-state index in [2.05, 4.69) is 41.8 Å². The van der Waals surface area contributed by atoms with E-state index in [4.69, 9.17) is 10.5 Å². The predicted molar refractivity (Wildman–Crippen MR) is 138 cm³/mol. The molecule has 0 aliphatic carbocycles. The molecule has 1 saturated heterocycles. The molecule has 1 aliphatic heterocycles. The van der Waals surface area contributed by atoms with Gasteiger partial charge in [0.15, 0.2) is 12.4 Å². The summed E-state index contributed by atoms with van der Waals surface area (Å²) < 4.78 is 5.03. The number of amides is 2. The highest BCUT2D eigenvalue weighted by Crippen LogP contribution is 2.65. The first-order valence-electron chi connectivity index (χ1n) is 12.2. The maximum atomic E-state index is 12.0. The number of allylic oxidation sites excluding steroid dienone is 1. The molecule has 1 aromatic carbocycles. The van der Waals surface area contributed by atoms with E-state index in [0.717, 1.165) is 27.0 Å². The number of carbonyl (C=O) groups excluding carboxylic acids is 4. The van der Waals surface area contributed by atoms with E-state index in [1.165, 1.54) is 11.6 Å². The van der Waals surface area contributed by atoms with Gasteiger partial charge in [0, 0.05) is 18.7 Å². The van der Waals surface area contributed by atoms with Crippen molar-refractivity contribution in [2.45, 2.75) is 64.0 Å². The zero-order chi connectivity index (χ0) is 25.8. The molecular weight excluding hydrogens is 465 g/mol. The number of nitrogens with two attached hydrogens (primary N) is 1. The van der Waals surface area contributed by atoms with E-state index in [9.17, 15) is 19.2 Å². The van der Waals surface area contributed by atoms with Crippen molar-refractivity contribution >= 4 is 32.7 Å². The molecule has 4 unspecified atom stereocenters. The van der Waals surface area contributed by atoms with Crippen LogP contribution in [0.2, 0.25) is 0 Å². The Morgan fingerprint density at radius 1 is 1.17 bits per heavy atom. The molecule has 0 radical (unpaired) electrons. The average molecular weight is 504 g/mol. The number of benzene rings is 1. The second-order valence-electron chi connectivity index (χ2n) is 9.02. The van der Waals surface area contributed by atoms with Crippen LogP contribution in [0.25, 0.3) is 0 Å². The summed E-state index contributed by atoms with van der Waals surface area (Å²) in [4.78, 5) is 46.5. The Labute approximate surface area is 209 Å². The van der Waals surface area contributed by atoms with Crippen LogP contribution in [0.15, 0.2) is 36.4 Å². The van der Waals surface area contributed by atoms with Crippen LogP contribution in [0, 0.1) is 11.8 Å². The number of ether oxygens (including phenoxy) is 1. The zero-order valence-corrected chi connectivity index (χ0v) is 21.8. The van der Waals surface area contributed by atoms with Crippen molar-refractivity contribution in [2.24, 2.45) is 17.6 Å². The summed E-state index contributed by atoms with van der Waals surface area (Å²) in [6.45, 7) is 6.06. The molecule has 2 rings (SSSR count). The summed E-state index contributed by atoms with van der Waals surface area (Å²) in [5, 5.41) is 5.12. The highest BCUT2D eigenvalue weighted by Gasteiger charge is 2.41. The van der Waals surface area contributed by atoms with Gasteiger partial charge in [0.25, 0.3) is 0 Å². The van der Waals surface area contributed by atoms with E-state index in [1.807, 2.05) is 6.08 Å².